The van der Waals surface area contributed by atoms with Crippen LogP contribution in [0.2, 0.25) is 0 Å². The lowest BCUT2D eigenvalue weighted by atomic mass is 10.1. The molecule has 6 heteroatoms. The minimum Gasteiger partial charge on any atom is -0.351 e. The highest BCUT2D eigenvalue weighted by atomic mass is 32.2. The van der Waals surface area contributed by atoms with Gasteiger partial charge in [0, 0.05) is 13.1 Å². The van der Waals surface area contributed by atoms with E-state index < -0.39 is 10.0 Å². The van der Waals surface area contributed by atoms with Crippen LogP contribution in [0.4, 0.5) is 0 Å². The summed E-state index contributed by atoms with van der Waals surface area (Å²) in [5.74, 6) is -0.343. The molecular formula is C25H28N2O3S. The summed E-state index contributed by atoms with van der Waals surface area (Å²) in [5.41, 5.74) is 4.97. The van der Waals surface area contributed by atoms with E-state index in [1.54, 1.807) is 24.3 Å². The van der Waals surface area contributed by atoms with Gasteiger partial charge in [0.25, 0.3) is 0 Å². The summed E-state index contributed by atoms with van der Waals surface area (Å²) in [6.45, 7) is 6.08. The maximum Gasteiger partial charge on any atom is 0.243 e. The first-order chi connectivity index (χ1) is 14.7. The molecule has 0 saturated carbocycles. The molecule has 3 aromatic carbocycles. The smallest absolute Gasteiger partial charge is 0.243 e. The number of rotatable bonds is 8. The van der Waals surface area contributed by atoms with Gasteiger partial charge < -0.3 is 5.32 Å². The third-order valence-corrected chi connectivity index (χ3v) is 6.84. The first-order valence-corrected chi connectivity index (χ1v) is 11.6. The molecule has 162 valence electrons. The van der Waals surface area contributed by atoms with E-state index in [1.807, 2.05) is 69.3 Å². The lowest BCUT2D eigenvalue weighted by Gasteiger charge is -2.22. The zero-order chi connectivity index (χ0) is 22.4. The standard InChI is InChI=1S/C25H28N2O3S/c1-19-7-11-22(12-8-19)17-27(31(29,30)24-13-9-20(2)10-14-24)18-25(28)26-16-23-6-4-5-21(3)15-23/h4-15H,16-18H2,1-3H3,(H,26,28). The lowest BCUT2D eigenvalue weighted by Crippen LogP contribution is -2.40. The highest BCUT2D eigenvalue weighted by molar-refractivity contribution is 7.89. The second kappa shape index (κ2) is 9.90. The molecule has 0 aliphatic carbocycles. The predicted octanol–water partition coefficient (Wildman–Crippen LogP) is 4.12. The summed E-state index contributed by atoms with van der Waals surface area (Å²) < 4.78 is 27.9. The Balaban J connectivity index is 1.79. The third-order valence-electron chi connectivity index (χ3n) is 5.03. The van der Waals surface area contributed by atoms with Crippen LogP contribution in [0.3, 0.4) is 0 Å². The Hall–Kier alpha value is -2.96. The number of nitrogens with one attached hydrogen (secondary N) is 1. The Morgan fingerprint density at radius 2 is 1.42 bits per heavy atom. The van der Waals surface area contributed by atoms with Crippen molar-refractivity contribution in [3.8, 4) is 0 Å². The van der Waals surface area contributed by atoms with Crippen molar-refractivity contribution < 1.29 is 13.2 Å². The Kier molecular flexibility index (Phi) is 7.25. The van der Waals surface area contributed by atoms with E-state index in [-0.39, 0.29) is 23.9 Å². The van der Waals surface area contributed by atoms with E-state index in [2.05, 4.69) is 5.32 Å². The molecule has 0 unspecified atom stereocenters. The third kappa shape index (κ3) is 6.26. The van der Waals surface area contributed by atoms with E-state index in [0.29, 0.717) is 6.54 Å². The Morgan fingerprint density at radius 1 is 0.806 bits per heavy atom. The quantitative estimate of drug-likeness (QED) is 0.578. The maximum absolute atomic E-state index is 13.3. The molecule has 0 aliphatic rings. The molecule has 3 aromatic rings. The van der Waals surface area contributed by atoms with E-state index in [4.69, 9.17) is 0 Å². The van der Waals surface area contributed by atoms with Crippen molar-refractivity contribution in [1.82, 2.24) is 9.62 Å². The van der Waals surface area contributed by atoms with Crippen LogP contribution in [0, 0.1) is 20.8 Å². The van der Waals surface area contributed by atoms with E-state index in [1.165, 1.54) is 4.31 Å². The van der Waals surface area contributed by atoms with Gasteiger partial charge in [-0.25, -0.2) is 8.42 Å². The summed E-state index contributed by atoms with van der Waals surface area (Å²) in [6, 6.07) is 22.2. The van der Waals surface area contributed by atoms with Crippen LogP contribution in [0.25, 0.3) is 0 Å². The average Bonchev–Trinajstić information content (AvgIpc) is 2.74. The number of aryl methyl sites for hydroxylation is 3. The number of sulfonamides is 1. The maximum atomic E-state index is 13.3. The molecule has 3 rings (SSSR count). The Bertz CT molecular complexity index is 1140. The van der Waals surface area contributed by atoms with Gasteiger partial charge in [-0.15, -0.1) is 0 Å². The second-order valence-electron chi connectivity index (χ2n) is 7.84. The molecule has 31 heavy (non-hydrogen) atoms. The molecule has 1 N–H and O–H groups in total. The van der Waals surface area contributed by atoms with Crippen LogP contribution in [-0.4, -0.2) is 25.2 Å². The van der Waals surface area contributed by atoms with E-state index >= 15 is 0 Å². The van der Waals surface area contributed by atoms with Crippen LogP contribution in [0.15, 0.2) is 77.7 Å². The highest BCUT2D eigenvalue weighted by Gasteiger charge is 2.26. The molecule has 0 fully saturated rings. The zero-order valence-electron chi connectivity index (χ0n) is 18.1. The topological polar surface area (TPSA) is 66.5 Å². The summed E-state index contributed by atoms with van der Waals surface area (Å²) in [7, 11) is -3.84. The number of hydrogen-bond donors (Lipinski definition) is 1. The summed E-state index contributed by atoms with van der Waals surface area (Å²) >= 11 is 0. The second-order valence-corrected chi connectivity index (χ2v) is 9.78. The van der Waals surface area contributed by atoms with Crippen LogP contribution in [-0.2, 0) is 27.9 Å². The molecule has 0 bridgehead atoms. The van der Waals surface area contributed by atoms with Crippen LogP contribution in [0.5, 0.6) is 0 Å². The van der Waals surface area contributed by atoms with Crippen molar-refractivity contribution in [2.45, 2.75) is 38.8 Å². The number of carbonyl (C=O) groups is 1. The minimum absolute atomic E-state index is 0.119. The number of hydrogen-bond acceptors (Lipinski definition) is 3. The van der Waals surface area contributed by atoms with Crippen LogP contribution >= 0.6 is 0 Å². The first-order valence-electron chi connectivity index (χ1n) is 10.2. The van der Waals surface area contributed by atoms with Crippen LogP contribution in [0.1, 0.15) is 27.8 Å². The molecule has 0 atom stereocenters. The van der Waals surface area contributed by atoms with Gasteiger partial charge in [-0.05, 0) is 44.0 Å². The van der Waals surface area contributed by atoms with Crippen molar-refractivity contribution in [1.29, 1.82) is 0 Å². The number of carbonyl (C=O) groups excluding carboxylic acids is 1. The highest BCUT2D eigenvalue weighted by Crippen LogP contribution is 2.19. The molecular weight excluding hydrogens is 408 g/mol. The molecule has 5 nitrogen and oxygen atoms in total. The zero-order valence-corrected chi connectivity index (χ0v) is 18.9. The van der Waals surface area contributed by atoms with Crippen molar-refractivity contribution in [2.75, 3.05) is 6.54 Å². The summed E-state index contributed by atoms with van der Waals surface area (Å²) in [6.07, 6.45) is 0. The van der Waals surface area contributed by atoms with Crippen molar-refractivity contribution in [3.05, 3.63) is 101 Å². The monoisotopic (exact) mass is 436 g/mol. The molecule has 0 saturated heterocycles. The van der Waals surface area contributed by atoms with E-state index in [0.717, 1.165) is 27.8 Å². The van der Waals surface area contributed by atoms with Gasteiger partial charge in [0.1, 0.15) is 0 Å². The van der Waals surface area contributed by atoms with Crippen molar-refractivity contribution in [3.63, 3.8) is 0 Å². The predicted molar refractivity (Wildman–Crippen MR) is 123 cm³/mol. The van der Waals surface area contributed by atoms with Gasteiger partial charge in [-0.2, -0.15) is 4.31 Å². The van der Waals surface area contributed by atoms with Gasteiger partial charge >= 0.3 is 0 Å². The number of nitrogens with zero attached hydrogens (tertiary/aromatic N) is 1. The van der Waals surface area contributed by atoms with Gasteiger partial charge in [0.05, 0.1) is 11.4 Å². The molecule has 1 amide bonds. The fraction of sp³-hybridized carbons (Fsp3) is 0.240. The summed E-state index contributed by atoms with van der Waals surface area (Å²) in [5, 5.41) is 2.84. The Morgan fingerprint density at radius 3 is 2.03 bits per heavy atom. The molecule has 0 radical (unpaired) electrons. The lowest BCUT2D eigenvalue weighted by molar-refractivity contribution is -0.121. The SMILES string of the molecule is Cc1ccc(CN(CC(=O)NCc2cccc(C)c2)S(=O)(=O)c2ccc(C)cc2)cc1. The fourth-order valence-electron chi connectivity index (χ4n) is 3.22. The number of benzene rings is 3. The fourth-order valence-corrected chi connectivity index (χ4v) is 4.61. The van der Waals surface area contributed by atoms with Crippen molar-refractivity contribution >= 4 is 15.9 Å². The van der Waals surface area contributed by atoms with Gasteiger partial charge in [-0.1, -0.05) is 77.4 Å². The van der Waals surface area contributed by atoms with Gasteiger partial charge in [-0.3, -0.25) is 4.79 Å². The average molecular weight is 437 g/mol. The molecule has 0 heterocycles. The number of amides is 1. The van der Waals surface area contributed by atoms with Gasteiger partial charge in [0.15, 0.2) is 0 Å². The van der Waals surface area contributed by atoms with Gasteiger partial charge in [0.2, 0.25) is 15.9 Å². The van der Waals surface area contributed by atoms with E-state index in [9.17, 15) is 13.2 Å². The van der Waals surface area contributed by atoms with Crippen molar-refractivity contribution in [2.24, 2.45) is 0 Å². The Labute approximate surface area is 184 Å². The summed E-state index contributed by atoms with van der Waals surface area (Å²) in [4.78, 5) is 12.8. The van der Waals surface area contributed by atoms with Crippen LogP contribution < -0.4 is 5.32 Å². The molecule has 0 spiro atoms. The normalized spacial score (nSPS) is 11.5. The minimum atomic E-state index is -3.84. The largest absolute Gasteiger partial charge is 0.351 e. The molecule has 0 aromatic heterocycles. The first kappa shape index (κ1) is 22.7. The molecule has 0 aliphatic heterocycles.